The predicted octanol–water partition coefficient (Wildman–Crippen LogP) is 1.08. The molecule has 1 atom stereocenters. The molecular weight excluding hydrogens is 324 g/mol. The molecule has 1 fully saturated rings. The van der Waals surface area contributed by atoms with Crippen LogP contribution in [0.3, 0.4) is 0 Å². The SMILES string of the molecule is CS(=O)(=O)N1CCCC[C@H]1C(=O)Nc1nnc(-c2ccco2)o1. The number of aromatic nitrogens is 2. The lowest BCUT2D eigenvalue weighted by atomic mass is 10.0. The average molecular weight is 340 g/mol. The van der Waals surface area contributed by atoms with Crippen molar-refractivity contribution in [1.29, 1.82) is 0 Å². The summed E-state index contributed by atoms with van der Waals surface area (Å²) in [6.07, 6.45) is 4.54. The molecule has 0 bridgehead atoms. The third-order valence-electron chi connectivity index (χ3n) is 3.57. The van der Waals surface area contributed by atoms with Crippen LogP contribution in [0.15, 0.2) is 27.2 Å². The van der Waals surface area contributed by atoms with Gasteiger partial charge in [0.15, 0.2) is 5.76 Å². The number of piperidine rings is 1. The van der Waals surface area contributed by atoms with Crippen LogP contribution in [0, 0.1) is 0 Å². The van der Waals surface area contributed by atoms with Gasteiger partial charge in [0.25, 0.3) is 5.89 Å². The van der Waals surface area contributed by atoms with E-state index in [0.717, 1.165) is 19.1 Å². The van der Waals surface area contributed by atoms with Gasteiger partial charge in [-0.1, -0.05) is 11.5 Å². The number of rotatable bonds is 4. The number of nitrogens with zero attached hydrogens (tertiary/aromatic N) is 3. The smallest absolute Gasteiger partial charge is 0.322 e. The van der Waals surface area contributed by atoms with E-state index in [1.807, 2.05) is 0 Å². The topological polar surface area (TPSA) is 119 Å². The normalized spacial score (nSPS) is 19.6. The number of sulfonamides is 1. The van der Waals surface area contributed by atoms with Crippen molar-refractivity contribution >= 4 is 21.9 Å². The van der Waals surface area contributed by atoms with E-state index in [2.05, 4.69) is 15.5 Å². The predicted molar refractivity (Wildman–Crippen MR) is 79.8 cm³/mol. The van der Waals surface area contributed by atoms with Gasteiger partial charge in [0.05, 0.1) is 12.5 Å². The van der Waals surface area contributed by atoms with Crippen LogP contribution in [0.25, 0.3) is 11.7 Å². The monoisotopic (exact) mass is 340 g/mol. The molecule has 0 saturated carbocycles. The molecule has 1 amide bonds. The maximum atomic E-state index is 12.4. The fraction of sp³-hybridized carbons (Fsp3) is 0.462. The second kappa shape index (κ2) is 6.13. The zero-order chi connectivity index (χ0) is 16.4. The van der Waals surface area contributed by atoms with E-state index in [1.54, 1.807) is 12.1 Å². The Morgan fingerprint density at radius 3 is 2.91 bits per heavy atom. The Balaban J connectivity index is 1.73. The second-order valence-corrected chi connectivity index (χ2v) is 7.20. The van der Waals surface area contributed by atoms with Gasteiger partial charge in [-0.05, 0) is 25.0 Å². The highest BCUT2D eigenvalue weighted by molar-refractivity contribution is 7.88. The minimum atomic E-state index is -3.45. The summed E-state index contributed by atoms with van der Waals surface area (Å²) in [6, 6.07) is 2.45. The number of carbonyl (C=O) groups excluding carboxylic acids is 1. The first kappa shape index (κ1) is 15.7. The number of anilines is 1. The Morgan fingerprint density at radius 1 is 1.39 bits per heavy atom. The summed E-state index contributed by atoms with van der Waals surface area (Å²) in [5.41, 5.74) is 0. The maximum absolute atomic E-state index is 12.4. The van der Waals surface area contributed by atoms with Crippen molar-refractivity contribution in [3.8, 4) is 11.7 Å². The Kier molecular flexibility index (Phi) is 4.18. The van der Waals surface area contributed by atoms with E-state index in [-0.39, 0.29) is 11.9 Å². The van der Waals surface area contributed by atoms with E-state index in [9.17, 15) is 13.2 Å². The molecule has 1 aliphatic rings. The fourth-order valence-corrected chi connectivity index (χ4v) is 3.65. The maximum Gasteiger partial charge on any atom is 0.322 e. The number of amides is 1. The Hall–Kier alpha value is -2.20. The number of hydrogen-bond acceptors (Lipinski definition) is 7. The second-order valence-electron chi connectivity index (χ2n) is 5.26. The van der Waals surface area contributed by atoms with Crippen LogP contribution in [0.5, 0.6) is 0 Å². The molecule has 1 saturated heterocycles. The number of hydrogen-bond donors (Lipinski definition) is 1. The van der Waals surface area contributed by atoms with Gasteiger partial charge in [0.2, 0.25) is 15.9 Å². The van der Waals surface area contributed by atoms with Gasteiger partial charge in [-0.2, -0.15) is 4.31 Å². The fourth-order valence-electron chi connectivity index (χ4n) is 2.53. The molecule has 0 unspecified atom stereocenters. The lowest BCUT2D eigenvalue weighted by molar-refractivity contribution is -0.120. The molecule has 10 heteroatoms. The van der Waals surface area contributed by atoms with Crippen LogP contribution in [0.1, 0.15) is 19.3 Å². The van der Waals surface area contributed by atoms with Crippen LogP contribution in [-0.4, -0.2) is 47.7 Å². The molecule has 3 heterocycles. The molecule has 0 aliphatic carbocycles. The summed E-state index contributed by atoms with van der Waals surface area (Å²) in [6.45, 7) is 0.332. The Bertz CT molecular complexity index is 783. The molecule has 3 rings (SSSR count). The highest BCUT2D eigenvalue weighted by Crippen LogP contribution is 2.23. The van der Waals surface area contributed by atoms with Crippen molar-refractivity contribution in [2.75, 3.05) is 18.1 Å². The molecule has 9 nitrogen and oxygen atoms in total. The van der Waals surface area contributed by atoms with Gasteiger partial charge in [0.1, 0.15) is 6.04 Å². The zero-order valence-corrected chi connectivity index (χ0v) is 13.2. The quantitative estimate of drug-likeness (QED) is 0.884. The molecule has 124 valence electrons. The summed E-state index contributed by atoms with van der Waals surface area (Å²) < 4.78 is 35.2. The van der Waals surface area contributed by atoms with Gasteiger partial charge in [-0.25, -0.2) is 8.42 Å². The van der Waals surface area contributed by atoms with E-state index in [0.29, 0.717) is 18.7 Å². The average Bonchev–Trinajstić information content (AvgIpc) is 3.17. The molecular formula is C13H16N4O5S. The summed E-state index contributed by atoms with van der Waals surface area (Å²) in [7, 11) is -3.45. The van der Waals surface area contributed by atoms with Crippen LogP contribution >= 0.6 is 0 Å². The number of carbonyl (C=O) groups is 1. The van der Waals surface area contributed by atoms with Gasteiger partial charge in [-0.3, -0.25) is 10.1 Å². The van der Waals surface area contributed by atoms with Gasteiger partial charge in [0, 0.05) is 6.54 Å². The van der Waals surface area contributed by atoms with Crippen LogP contribution < -0.4 is 5.32 Å². The third-order valence-corrected chi connectivity index (χ3v) is 4.86. The molecule has 2 aromatic rings. The van der Waals surface area contributed by atoms with E-state index >= 15 is 0 Å². The lowest BCUT2D eigenvalue weighted by Crippen LogP contribution is -2.49. The molecule has 2 aromatic heterocycles. The van der Waals surface area contributed by atoms with E-state index in [4.69, 9.17) is 8.83 Å². The number of furan rings is 1. The molecule has 0 aromatic carbocycles. The first-order valence-electron chi connectivity index (χ1n) is 7.10. The van der Waals surface area contributed by atoms with Crippen molar-refractivity contribution in [2.45, 2.75) is 25.3 Å². The molecule has 23 heavy (non-hydrogen) atoms. The summed E-state index contributed by atoms with van der Waals surface area (Å²) in [5, 5.41) is 9.95. The summed E-state index contributed by atoms with van der Waals surface area (Å²) in [5.74, 6) is 0.0344. The van der Waals surface area contributed by atoms with Gasteiger partial charge < -0.3 is 8.83 Å². The van der Waals surface area contributed by atoms with Crippen molar-refractivity contribution in [1.82, 2.24) is 14.5 Å². The highest BCUT2D eigenvalue weighted by Gasteiger charge is 2.35. The highest BCUT2D eigenvalue weighted by atomic mass is 32.2. The minimum Gasteiger partial charge on any atom is -0.459 e. The molecule has 0 radical (unpaired) electrons. The zero-order valence-electron chi connectivity index (χ0n) is 12.4. The molecule has 1 N–H and O–H groups in total. The first-order chi connectivity index (χ1) is 10.9. The largest absolute Gasteiger partial charge is 0.459 e. The van der Waals surface area contributed by atoms with Crippen LogP contribution in [0.2, 0.25) is 0 Å². The number of nitrogens with one attached hydrogen (secondary N) is 1. The van der Waals surface area contributed by atoms with Crippen molar-refractivity contribution < 1.29 is 22.0 Å². The molecule has 0 spiro atoms. The Morgan fingerprint density at radius 2 is 2.22 bits per heavy atom. The minimum absolute atomic E-state index is 0.0968. The van der Waals surface area contributed by atoms with Gasteiger partial charge >= 0.3 is 6.01 Å². The van der Waals surface area contributed by atoms with Crippen LogP contribution in [-0.2, 0) is 14.8 Å². The van der Waals surface area contributed by atoms with Crippen LogP contribution in [0.4, 0.5) is 6.01 Å². The third kappa shape index (κ3) is 3.42. The first-order valence-corrected chi connectivity index (χ1v) is 8.95. The van der Waals surface area contributed by atoms with Crippen molar-refractivity contribution in [3.63, 3.8) is 0 Å². The standard InChI is InChI=1S/C13H16N4O5S/c1-23(19,20)17-7-3-2-5-9(17)11(18)14-13-16-15-12(22-13)10-6-4-8-21-10/h4,6,8-9H,2-3,5,7H2,1H3,(H,14,16,18)/t9-/m0/s1. The van der Waals surface area contributed by atoms with E-state index in [1.165, 1.54) is 10.6 Å². The lowest BCUT2D eigenvalue weighted by Gasteiger charge is -2.32. The Labute approximate surface area is 132 Å². The van der Waals surface area contributed by atoms with Gasteiger partial charge in [-0.15, -0.1) is 5.10 Å². The van der Waals surface area contributed by atoms with E-state index < -0.39 is 22.0 Å². The summed E-state index contributed by atoms with van der Waals surface area (Å²) >= 11 is 0. The summed E-state index contributed by atoms with van der Waals surface area (Å²) in [4.78, 5) is 12.4. The van der Waals surface area contributed by atoms with Crippen molar-refractivity contribution in [3.05, 3.63) is 18.4 Å². The molecule has 1 aliphatic heterocycles. The van der Waals surface area contributed by atoms with Crippen molar-refractivity contribution in [2.24, 2.45) is 0 Å².